The molecule has 0 aliphatic carbocycles. The molecule has 0 unspecified atom stereocenters. The zero-order valence-corrected chi connectivity index (χ0v) is 20.4. The first kappa shape index (κ1) is 26.4. The molecule has 1 atom stereocenters. The topological polar surface area (TPSA) is 173 Å². The molecule has 2 aromatic carbocycles. The van der Waals surface area contributed by atoms with E-state index in [4.69, 9.17) is 10.5 Å². The van der Waals surface area contributed by atoms with Crippen LogP contribution in [0.5, 0.6) is 0 Å². The molecule has 0 saturated heterocycles. The van der Waals surface area contributed by atoms with Gasteiger partial charge in [0.25, 0.3) is 21.5 Å². The molecule has 3 aromatic rings. The van der Waals surface area contributed by atoms with Crippen LogP contribution >= 0.6 is 0 Å². The third kappa shape index (κ3) is 6.48. The Bertz CT molecular complexity index is 1430. The minimum absolute atomic E-state index is 0.0707. The van der Waals surface area contributed by atoms with Gasteiger partial charge in [-0.15, -0.1) is 6.58 Å². The molecule has 0 radical (unpaired) electrons. The number of rotatable bonds is 11. The van der Waals surface area contributed by atoms with Gasteiger partial charge in [0.1, 0.15) is 6.04 Å². The molecule has 5 N–H and O–H groups in total. The highest BCUT2D eigenvalue weighted by Crippen LogP contribution is 2.20. The molecule has 3 rings (SSSR count). The maximum Gasteiger partial charge on any atom is 0.328 e. The first-order valence-corrected chi connectivity index (χ1v) is 12.6. The minimum Gasteiger partial charge on any atom is -0.464 e. The largest absolute Gasteiger partial charge is 0.464 e. The number of aromatic nitrogens is 2. The first-order chi connectivity index (χ1) is 17.1. The Labute approximate surface area is 207 Å². The summed E-state index contributed by atoms with van der Waals surface area (Å²) in [6.45, 7) is 5.84. The number of carbonyl (C=O) groups excluding carboxylic acids is 2. The zero-order valence-electron chi connectivity index (χ0n) is 19.6. The number of unbranched alkanes of at least 4 members (excludes halogenated alkanes) is 1. The summed E-state index contributed by atoms with van der Waals surface area (Å²) in [7, 11) is -4.05. The van der Waals surface area contributed by atoms with Gasteiger partial charge in [0.2, 0.25) is 5.95 Å². The molecular weight excluding hydrogens is 486 g/mol. The van der Waals surface area contributed by atoms with E-state index in [1.165, 1.54) is 48.5 Å². The Morgan fingerprint density at radius 2 is 1.94 bits per heavy atom. The summed E-state index contributed by atoms with van der Waals surface area (Å²) in [6.07, 6.45) is 3.30. The Morgan fingerprint density at radius 3 is 2.61 bits per heavy atom. The third-order valence-corrected chi connectivity index (χ3v) is 6.52. The summed E-state index contributed by atoms with van der Waals surface area (Å²) < 4.78 is 33.2. The number of nitrogens with zero attached hydrogens (tertiary/aromatic N) is 1. The second-order valence-corrected chi connectivity index (χ2v) is 9.57. The number of esters is 1. The van der Waals surface area contributed by atoms with Gasteiger partial charge >= 0.3 is 5.97 Å². The average Bonchev–Trinajstić information content (AvgIpc) is 2.83. The SMILES string of the molecule is C=CC[C@H](NC(=O)c1ccc(NS(=O)(=O)c2ccc3nc(N)[nH]c(=O)c3c2)cc1)C(=O)OCCCC. The second-order valence-electron chi connectivity index (χ2n) is 7.88. The summed E-state index contributed by atoms with van der Waals surface area (Å²) >= 11 is 0. The molecule has 0 bridgehead atoms. The number of amides is 1. The van der Waals surface area contributed by atoms with Gasteiger partial charge in [0.05, 0.1) is 22.4 Å². The molecular formula is C24H27N5O6S. The van der Waals surface area contributed by atoms with Gasteiger partial charge in [0.15, 0.2) is 0 Å². The normalized spacial score (nSPS) is 12.0. The van der Waals surface area contributed by atoms with E-state index >= 15 is 0 Å². The van der Waals surface area contributed by atoms with E-state index in [0.717, 1.165) is 12.8 Å². The van der Waals surface area contributed by atoms with Crippen molar-refractivity contribution in [1.29, 1.82) is 0 Å². The van der Waals surface area contributed by atoms with Gasteiger partial charge in [-0.3, -0.25) is 19.3 Å². The van der Waals surface area contributed by atoms with Crippen molar-refractivity contribution in [2.75, 3.05) is 17.1 Å². The van der Waals surface area contributed by atoms with Crippen molar-refractivity contribution < 1.29 is 22.7 Å². The van der Waals surface area contributed by atoms with Crippen LogP contribution in [0, 0.1) is 0 Å². The van der Waals surface area contributed by atoms with Gasteiger partial charge < -0.3 is 15.8 Å². The van der Waals surface area contributed by atoms with Gasteiger partial charge in [-0.2, -0.15) is 0 Å². The highest BCUT2D eigenvalue weighted by molar-refractivity contribution is 7.92. The number of aromatic amines is 1. The van der Waals surface area contributed by atoms with Crippen LogP contribution in [0.25, 0.3) is 10.9 Å². The fraction of sp³-hybridized carbons (Fsp3) is 0.250. The summed E-state index contributed by atoms with van der Waals surface area (Å²) in [5.74, 6) is -1.15. The Kier molecular flexibility index (Phi) is 8.43. The van der Waals surface area contributed by atoms with Crippen LogP contribution in [-0.2, 0) is 19.6 Å². The van der Waals surface area contributed by atoms with Crippen molar-refractivity contribution in [3.63, 3.8) is 0 Å². The Morgan fingerprint density at radius 1 is 1.22 bits per heavy atom. The van der Waals surface area contributed by atoms with Crippen LogP contribution < -0.4 is 21.3 Å². The van der Waals surface area contributed by atoms with E-state index in [0.29, 0.717) is 0 Å². The number of nitrogens with one attached hydrogen (secondary N) is 3. The lowest BCUT2D eigenvalue weighted by atomic mass is 10.1. The number of sulfonamides is 1. The maximum absolute atomic E-state index is 12.8. The molecule has 12 heteroatoms. The fourth-order valence-corrected chi connectivity index (χ4v) is 4.33. The molecule has 11 nitrogen and oxygen atoms in total. The number of benzene rings is 2. The van der Waals surface area contributed by atoms with Crippen molar-refractivity contribution in [3.8, 4) is 0 Å². The van der Waals surface area contributed by atoms with Gasteiger partial charge in [-0.25, -0.2) is 18.2 Å². The Balaban J connectivity index is 1.71. The minimum atomic E-state index is -4.05. The van der Waals surface area contributed by atoms with Crippen molar-refractivity contribution in [3.05, 3.63) is 71.0 Å². The van der Waals surface area contributed by atoms with Crippen molar-refractivity contribution in [1.82, 2.24) is 15.3 Å². The lowest BCUT2D eigenvalue weighted by molar-refractivity contribution is -0.146. The molecule has 0 aliphatic heterocycles. The van der Waals surface area contributed by atoms with Gasteiger partial charge in [-0.05, 0) is 55.3 Å². The molecule has 0 fully saturated rings. The number of hydrogen-bond acceptors (Lipinski definition) is 8. The highest BCUT2D eigenvalue weighted by atomic mass is 32.2. The van der Waals surface area contributed by atoms with Gasteiger partial charge in [0, 0.05) is 11.3 Å². The molecule has 190 valence electrons. The fourth-order valence-electron chi connectivity index (χ4n) is 3.25. The van der Waals surface area contributed by atoms with Crippen LogP contribution in [0.2, 0.25) is 0 Å². The summed E-state index contributed by atoms with van der Waals surface area (Å²) in [5, 5.41) is 2.68. The second kappa shape index (κ2) is 11.5. The summed E-state index contributed by atoms with van der Waals surface area (Å²) in [5.41, 5.74) is 5.62. The molecule has 36 heavy (non-hydrogen) atoms. The molecule has 1 amide bonds. The number of H-pyrrole nitrogens is 1. The number of carbonyl (C=O) groups is 2. The highest BCUT2D eigenvalue weighted by Gasteiger charge is 2.22. The molecule has 0 aliphatic rings. The predicted molar refractivity (Wildman–Crippen MR) is 136 cm³/mol. The van der Waals surface area contributed by atoms with Crippen LogP contribution in [0.4, 0.5) is 11.6 Å². The number of hydrogen-bond donors (Lipinski definition) is 4. The average molecular weight is 514 g/mol. The third-order valence-electron chi connectivity index (χ3n) is 5.14. The van der Waals surface area contributed by atoms with Crippen LogP contribution in [-0.4, -0.2) is 42.9 Å². The van der Waals surface area contributed by atoms with Crippen LogP contribution in [0.15, 0.2) is 64.8 Å². The van der Waals surface area contributed by atoms with Crippen molar-refractivity contribution in [2.45, 2.75) is 37.1 Å². The van der Waals surface area contributed by atoms with E-state index in [9.17, 15) is 22.8 Å². The number of nitrogens with two attached hydrogens (primary N) is 1. The molecule has 0 spiro atoms. The monoisotopic (exact) mass is 513 g/mol. The number of fused-ring (bicyclic) bond motifs is 1. The van der Waals surface area contributed by atoms with Crippen LogP contribution in [0.3, 0.4) is 0 Å². The molecule has 1 aromatic heterocycles. The standard InChI is InChI=1S/C24H27N5O6S/c1-3-5-13-35-23(32)20(6-4-2)26-21(30)15-7-9-16(10-8-15)29-36(33,34)17-11-12-19-18(14-17)22(31)28-24(25)27-19/h4,7-12,14,20,29H,2-3,5-6,13H2,1H3,(H,26,30)(H3,25,27,28,31)/t20-/m0/s1. The lowest BCUT2D eigenvalue weighted by Crippen LogP contribution is -2.41. The van der Waals surface area contributed by atoms with E-state index in [2.05, 4.69) is 26.6 Å². The Hall–Kier alpha value is -4.19. The summed E-state index contributed by atoms with van der Waals surface area (Å²) in [6, 6.07) is 8.65. The van der Waals surface area contributed by atoms with E-state index < -0.39 is 33.5 Å². The maximum atomic E-state index is 12.8. The van der Waals surface area contributed by atoms with Gasteiger partial charge in [-0.1, -0.05) is 19.4 Å². The quantitative estimate of drug-likeness (QED) is 0.172. The zero-order chi connectivity index (χ0) is 26.3. The molecule has 1 heterocycles. The number of anilines is 2. The van der Waals surface area contributed by atoms with Crippen molar-refractivity contribution in [2.24, 2.45) is 0 Å². The van der Waals surface area contributed by atoms with E-state index in [1.807, 2.05) is 6.92 Å². The lowest BCUT2D eigenvalue weighted by Gasteiger charge is -2.16. The van der Waals surface area contributed by atoms with Crippen molar-refractivity contribution >= 4 is 44.4 Å². The van der Waals surface area contributed by atoms with E-state index in [1.54, 1.807) is 0 Å². The first-order valence-electron chi connectivity index (χ1n) is 11.2. The van der Waals surface area contributed by atoms with Crippen LogP contribution in [0.1, 0.15) is 36.5 Å². The predicted octanol–water partition coefficient (Wildman–Crippen LogP) is 2.32. The number of nitrogen functional groups attached to an aromatic ring is 1. The number of ether oxygens (including phenoxy) is 1. The van der Waals surface area contributed by atoms with E-state index in [-0.39, 0.29) is 46.0 Å². The molecule has 0 saturated carbocycles. The smallest absolute Gasteiger partial charge is 0.328 e. The summed E-state index contributed by atoms with van der Waals surface area (Å²) in [4.78, 5) is 43.1.